The average Bonchev–Trinajstić information content (AvgIpc) is 2.39. The van der Waals surface area contributed by atoms with E-state index in [1.54, 1.807) is 24.3 Å². The minimum Gasteiger partial charge on any atom is -0.494 e. The third-order valence-electron chi connectivity index (χ3n) is 2.33. The van der Waals surface area contributed by atoms with Gasteiger partial charge in [0.1, 0.15) is 11.6 Å². The van der Waals surface area contributed by atoms with E-state index in [1.807, 2.05) is 6.92 Å². The van der Waals surface area contributed by atoms with Gasteiger partial charge in [0.25, 0.3) is 5.91 Å². The molecule has 6 heteroatoms. The highest BCUT2D eigenvalue weighted by atomic mass is 16.5. The Labute approximate surface area is 109 Å². The predicted molar refractivity (Wildman–Crippen MR) is 70.4 cm³/mol. The summed E-state index contributed by atoms with van der Waals surface area (Å²) in [5, 5.41) is 2.58. The Balaban J connectivity index is 2.15. The molecule has 0 fully saturated rings. The van der Waals surface area contributed by atoms with Crippen LogP contribution in [-0.2, 0) is 0 Å². The van der Waals surface area contributed by atoms with E-state index < -0.39 is 5.69 Å². The molecule has 0 aliphatic heterocycles. The van der Waals surface area contributed by atoms with Crippen molar-refractivity contribution in [2.45, 2.75) is 6.92 Å². The smallest absolute Gasteiger partial charge is 0.346 e. The Morgan fingerprint density at radius 1 is 1.42 bits per heavy atom. The number of nitrogens with zero attached hydrogens (tertiary/aromatic N) is 1. The molecule has 0 bridgehead atoms. The van der Waals surface area contributed by atoms with Crippen molar-refractivity contribution in [2.24, 2.45) is 0 Å². The third-order valence-corrected chi connectivity index (χ3v) is 2.33. The number of rotatable bonds is 4. The molecule has 98 valence electrons. The fourth-order valence-corrected chi connectivity index (χ4v) is 1.53. The van der Waals surface area contributed by atoms with E-state index in [4.69, 9.17) is 4.74 Å². The fourth-order valence-electron chi connectivity index (χ4n) is 1.53. The molecule has 0 spiro atoms. The molecule has 0 saturated heterocycles. The zero-order valence-corrected chi connectivity index (χ0v) is 10.3. The number of amides is 1. The van der Waals surface area contributed by atoms with Gasteiger partial charge in [0.05, 0.1) is 6.61 Å². The van der Waals surface area contributed by atoms with Crippen LogP contribution in [0.4, 0.5) is 5.82 Å². The van der Waals surface area contributed by atoms with E-state index in [9.17, 15) is 9.59 Å². The predicted octanol–water partition coefficient (Wildman–Crippen LogP) is 1.42. The Morgan fingerprint density at radius 3 is 3.00 bits per heavy atom. The molecule has 19 heavy (non-hydrogen) atoms. The maximum absolute atomic E-state index is 12.0. The molecule has 0 aliphatic rings. The van der Waals surface area contributed by atoms with Crippen LogP contribution in [0.25, 0.3) is 0 Å². The van der Waals surface area contributed by atoms with Crippen molar-refractivity contribution < 1.29 is 9.53 Å². The molecule has 1 aromatic carbocycles. The van der Waals surface area contributed by atoms with Gasteiger partial charge < -0.3 is 10.1 Å². The van der Waals surface area contributed by atoms with Crippen molar-refractivity contribution in [2.75, 3.05) is 11.9 Å². The van der Waals surface area contributed by atoms with E-state index in [0.29, 0.717) is 23.7 Å². The summed E-state index contributed by atoms with van der Waals surface area (Å²) in [6.45, 7) is 2.40. The van der Waals surface area contributed by atoms with Gasteiger partial charge in [-0.05, 0) is 31.2 Å². The molecule has 1 amide bonds. The molecule has 0 aliphatic carbocycles. The molecule has 0 saturated carbocycles. The van der Waals surface area contributed by atoms with Crippen molar-refractivity contribution in [1.82, 2.24) is 9.97 Å². The number of nitrogens with one attached hydrogen (secondary N) is 2. The van der Waals surface area contributed by atoms with Crippen LogP contribution >= 0.6 is 0 Å². The Kier molecular flexibility index (Phi) is 3.92. The molecular formula is C13H13N3O3. The maximum Gasteiger partial charge on any atom is 0.346 e. The van der Waals surface area contributed by atoms with Gasteiger partial charge in [-0.1, -0.05) is 6.07 Å². The van der Waals surface area contributed by atoms with Gasteiger partial charge >= 0.3 is 5.69 Å². The van der Waals surface area contributed by atoms with E-state index in [1.165, 1.54) is 12.3 Å². The number of aromatic nitrogens is 2. The Morgan fingerprint density at radius 2 is 2.26 bits per heavy atom. The van der Waals surface area contributed by atoms with Gasteiger partial charge in [-0.15, -0.1) is 0 Å². The van der Waals surface area contributed by atoms with Crippen LogP contribution in [-0.4, -0.2) is 22.5 Å². The first-order chi connectivity index (χ1) is 9.19. The van der Waals surface area contributed by atoms with Crippen molar-refractivity contribution in [1.29, 1.82) is 0 Å². The maximum atomic E-state index is 12.0. The molecule has 0 unspecified atom stereocenters. The summed E-state index contributed by atoms with van der Waals surface area (Å²) in [4.78, 5) is 28.9. The zero-order chi connectivity index (χ0) is 13.7. The lowest BCUT2D eigenvalue weighted by Crippen LogP contribution is -2.17. The third kappa shape index (κ3) is 3.41. The van der Waals surface area contributed by atoms with Crippen LogP contribution in [0.1, 0.15) is 17.3 Å². The molecule has 2 N–H and O–H groups in total. The number of hydrogen-bond donors (Lipinski definition) is 2. The first kappa shape index (κ1) is 12.8. The van der Waals surface area contributed by atoms with Crippen molar-refractivity contribution >= 4 is 11.7 Å². The lowest BCUT2D eigenvalue weighted by molar-refractivity contribution is 0.102. The van der Waals surface area contributed by atoms with Crippen molar-refractivity contribution in [3.8, 4) is 5.75 Å². The summed E-state index contributed by atoms with van der Waals surface area (Å²) < 4.78 is 5.32. The monoisotopic (exact) mass is 259 g/mol. The molecule has 2 aromatic rings. The Hall–Kier alpha value is -2.63. The summed E-state index contributed by atoms with van der Waals surface area (Å²) in [5.74, 6) is 0.591. The number of carbonyl (C=O) groups excluding carboxylic acids is 1. The summed E-state index contributed by atoms with van der Waals surface area (Å²) in [7, 11) is 0. The lowest BCUT2D eigenvalue weighted by Gasteiger charge is -2.07. The van der Waals surface area contributed by atoms with Crippen LogP contribution in [0, 0.1) is 0 Å². The second kappa shape index (κ2) is 5.81. The normalized spacial score (nSPS) is 9.95. The van der Waals surface area contributed by atoms with E-state index in [2.05, 4.69) is 15.3 Å². The molecule has 0 radical (unpaired) electrons. The van der Waals surface area contributed by atoms with E-state index in [-0.39, 0.29) is 5.91 Å². The number of ether oxygens (including phenoxy) is 1. The number of hydrogen-bond acceptors (Lipinski definition) is 4. The largest absolute Gasteiger partial charge is 0.494 e. The highest BCUT2D eigenvalue weighted by Crippen LogP contribution is 2.14. The van der Waals surface area contributed by atoms with Gasteiger partial charge in [-0.2, -0.15) is 0 Å². The van der Waals surface area contributed by atoms with Crippen LogP contribution in [0.2, 0.25) is 0 Å². The SMILES string of the molecule is CCOc1cccc(C(=O)Nc2ccnc(=O)[nH]2)c1. The van der Waals surface area contributed by atoms with Gasteiger partial charge in [0.2, 0.25) is 0 Å². The minimum absolute atomic E-state index is 0.298. The fraction of sp³-hybridized carbons (Fsp3) is 0.154. The van der Waals surface area contributed by atoms with E-state index >= 15 is 0 Å². The molecule has 1 heterocycles. The lowest BCUT2D eigenvalue weighted by atomic mass is 10.2. The molecular weight excluding hydrogens is 246 g/mol. The minimum atomic E-state index is -0.513. The van der Waals surface area contributed by atoms with Crippen molar-refractivity contribution in [3.05, 3.63) is 52.6 Å². The van der Waals surface area contributed by atoms with Gasteiger partial charge in [0, 0.05) is 11.8 Å². The average molecular weight is 259 g/mol. The highest BCUT2D eigenvalue weighted by molar-refractivity contribution is 6.03. The molecule has 2 rings (SSSR count). The quantitative estimate of drug-likeness (QED) is 0.869. The van der Waals surface area contributed by atoms with Crippen molar-refractivity contribution in [3.63, 3.8) is 0 Å². The molecule has 1 aromatic heterocycles. The van der Waals surface area contributed by atoms with Crippen LogP contribution < -0.4 is 15.7 Å². The number of benzene rings is 1. The summed E-state index contributed by atoms with van der Waals surface area (Å²) in [5.41, 5.74) is -0.0653. The number of anilines is 1. The van der Waals surface area contributed by atoms with Gasteiger partial charge in [-0.25, -0.2) is 9.78 Å². The number of carbonyl (C=O) groups is 1. The molecule has 6 nitrogen and oxygen atoms in total. The standard InChI is InChI=1S/C13H13N3O3/c1-2-19-10-5-3-4-9(8-10)12(17)15-11-6-7-14-13(18)16-11/h3-8H,2H2,1H3,(H2,14,15,16,17,18). The summed E-state index contributed by atoms with van der Waals surface area (Å²) in [6, 6.07) is 8.31. The van der Waals surface area contributed by atoms with E-state index in [0.717, 1.165) is 0 Å². The first-order valence-electron chi connectivity index (χ1n) is 5.78. The second-order valence-electron chi connectivity index (χ2n) is 3.70. The van der Waals surface area contributed by atoms with Crippen LogP contribution in [0.15, 0.2) is 41.3 Å². The topological polar surface area (TPSA) is 84.1 Å². The number of H-pyrrole nitrogens is 1. The summed E-state index contributed by atoms with van der Waals surface area (Å²) in [6.07, 6.45) is 1.32. The van der Waals surface area contributed by atoms with Gasteiger partial charge in [-0.3, -0.25) is 9.78 Å². The summed E-state index contributed by atoms with van der Waals surface area (Å²) >= 11 is 0. The molecule has 0 atom stereocenters. The Bertz CT molecular complexity index is 637. The van der Waals surface area contributed by atoms with Crippen LogP contribution in [0.5, 0.6) is 5.75 Å². The first-order valence-corrected chi connectivity index (χ1v) is 5.78. The van der Waals surface area contributed by atoms with Gasteiger partial charge in [0.15, 0.2) is 0 Å². The number of aromatic amines is 1. The van der Waals surface area contributed by atoms with Crippen LogP contribution in [0.3, 0.4) is 0 Å². The highest BCUT2D eigenvalue weighted by Gasteiger charge is 2.07. The zero-order valence-electron chi connectivity index (χ0n) is 10.3. The second-order valence-corrected chi connectivity index (χ2v) is 3.70.